The summed E-state index contributed by atoms with van der Waals surface area (Å²) in [5.74, 6) is 0. The molecule has 1 heterocycles. The highest BCUT2D eigenvalue weighted by Gasteiger charge is 2.23. The molecule has 2 atom stereocenters. The van der Waals surface area contributed by atoms with E-state index in [0.29, 0.717) is 6.04 Å². The van der Waals surface area contributed by atoms with Crippen LogP contribution in [0.4, 0.5) is 0 Å². The Bertz CT molecular complexity index is 563. The van der Waals surface area contributed by atoms with Crippen molar-refractivity contribution >= 4 is 22.9 Å². The van der Waals surface area contributed by atoms with Gasteiger partial charge in [0, 0.05) is 22.0 Å². The van der Waals surface area contributed by atoms with Gasteiger partial charge >= 0.3 is 0 Å². The maximum absolute atomic E-state index is 6.28. The Hall–Kier alpha value is -0.830. The first-order chi connectivity index (χ1) is 9.25. The largest absolute Gasteiger partial charge is 0.303 e. The molecule has 0 saturated heterocycles. The zero-order chi connectivity index (χ0) is 13.2. The Morgan fingerprint density at radius 3 is 3.00 bits per heavy atom. The highest BCUT2D eigenvalue weighted by molar-refractivity contribution is 7.10. The number of nitrogens with one attached hydrogen (secondary N) is 1. The van der Waals surface area contributed by atoms with Crippen LogP contribution in [-0.2, 0) is 6.42 Å². The number of hydrogen-bond acceptors (Lipinski definition) is 2. The molecule has 1 N–H and O–H groups in total. The maximum Gasteiger partial charge on any atom is 0.0453 e. The summed E-state index contributed by atoms with van der Waals surface area (Å²) in [6.45, 7) is 2.20. The second-order valence-electron chi connectivity index (χ2n) is 5.15. The fraction of sp³-hybridized carbons (Fsp3) is 0.375. The monoisotopic (exact) mass is 291 g/mol. The van der Waals surface area contributed by atoms with Gasteiger partial charge in [-0.15, -0.1) is 11.3 Å². The normalized spacial score (nSPS) is 20.0. The summed E-state index contributed by atoms with van der Waals surface area (Å²) in [5, 5.41) is 6.80. The van der Waals surface area contributed by atoms with E-state index in [-0.39, 0.29) is 6.04 Å². The first-order valence-corrected chi connectivity index (χ1v) is 8.08. The van der Waals surface area contributed by atoms with Crippen molar-refractivity contribution in [1.29, 1.82) is 0 Å². The lowest BCUT2D eigenvalue weighted by Gasteiger charge is -2.27. The van der Waals surface area contributed by atoms with E-state index in [2.05, 4.69) is 35.8 Å². The average Bonchev–Trinajstić information content (AvgIpc) is 2.88. The topological polar surface area (TPSA) is 12.0 Å². The molecule has 0 radical (unpaired) electrons. The average molecular weight is 292 g/mol. The molecule has 100 valence electrons. The number of halogens is 1. The molecule has 2 aromatic rings. The van der Waals surface area contributed by atoms with Crippen LogP contribution in [0, 0.1) is 0 Å². The first kappa shape index (κ1) is 13.2. The predicted octanol–water partition coefficient (Wildman–Crippen LogP) is 5.13. The van der Waals surface area contributed by atoms with Crippen molar-refractivity contribution in [2.75, 3.05) is 0 Å². The van der Waals surface area contributed by atoms with Gasteiger partial charge in [-0.25, -0.2) is 0 Å². The Kier molecular flexibility index (Phi) is 3.92. The second-order valence-corrected chi connectivity index (χ2v) is 6.56. The van der Waals surface area contributed by atoms with E-state index in [0.717, 1.165) is 5.02 Å². The maximum atomic E-state index is 6.28. The quantitative estimate of drug-likeness (QED) is 0.826. The molecular weight excluding hydrogens is 274 g/mol. The fourth-order valence-corrected chi connectivity index (χ4v) is 4.16. The van der Waals surface area contributed by atoms with Crippen LogP contribution >= 0.6 is 22.9 Å². The van der Waals surface area contributed by atoms with E-state index in [4.69, 9.17) is 11.6 Å². The molecule has 0 saturated carbocycles. The van der Waals surface area contributed by atoms with E-state index < -0.39 is 0 Å². The number of rotatable bonds is 3. The van der Waals surface area contributed by atoms with Crippen molar-refractivity contribution in [1.82, 2.24) is 5.32 Å². The third-order valence-electron chi connectivity index (χ3n) is 3.87. The van der Waals surface area contributed by atoms with Crippen LogP contribution in [0.15, 0.2) is 35.7 Å². The van der Waals surface area contributed by atoms with Gasteiger partial charge in [0.25, 0.3) is 0 Å². The lowest BCUT2D eigenvalue weighted by atomic mass is 9.93. The first-order valence-electron chi connectivity index (χ1n) is 6.82. The van der Waals surface area contributed by atoms with Gasteiger partial charge in [-0.05, 0) is 54.8 Å². The van der Waals surface area contributed by atoms with Gasteiger partial charge in [0.05, 0.1) is 0 Å². The number of hydrogen-bond donors (Lipinski definition) is 1. The summed E-state index contributed by atoms with van der Waals surface area (Å²) in [6.07, 6.45) is 3.74. The molecule has 3 heteroatoms. The number of benzene rings is 1. The summed E-state index contributed by atoms with van der Waals surface area (Å²) in [6, 6.07) is 11.1. The van der Waals surface area contributed by atoms with E-state index in [1.807, 2.05) is 23.5 Å². The van der Waals surface area contributed by atoms with Gasteiger partial charge in [-0.1, -0.05) is 29.8 Å². The van der Waals surface area contributed by atoms with Gasteiger partial charge < -0.3 is 5.32 Å². The fourth-order valence-electron chi connectivity index (χ4n) is 2.88. The Balaban J connectivity index is 1.78. The van der Waals surface area contributed by atoms with Crippen molar-refractivity contribution in [2.24, 2.45) is 0 Å². The third kappa shape index (κ3) is 2.71. The van der Waals surface area contributed by atoms with Crippen LogP contribution in [0.25, 0.3) is 0 Å². The van der Waals surface area contributed by atoms with Gasteiger partial charge in [0.15, 0.2) is 0 Å². The second kappa shape index (κ2) is 5.66. The van der Waals surface area contributed by atoms with Gasteiger partial charge in [0.2, 0.25) is 0 Å². The molecule has 0 spiro atoms. The van der Waals surface area contributed by atoms with Crippen LogP contribution in [0.3, 0.4) is 0 Å². The molecule has 0 bridgehead atoms. The van der Waals surface area contributed by atoms with Crippen LogP contribution in [0.5, 0.6) is 0 Å². The molecular formula is C16H18ClNS. The summed E-state index contributed by atoms with van der Waals surface area (Å²) < 4.78 is 0. The Labute approximate surface area is 123 Å². The minimum Gasteiger partial charge on any atom is -0.303 e. The molecule has 19 heavy (non-hydrogen) atoms. The van der Waals surface area contributed by atoms with Gasteiger partial charge in [0.1, 0.15) is 0 Å². The van der Waals surface area contributed by atoms with Crippen molar-refractivity contribution in [2.45, 2.75) is 38.3 Å². The SMILES string of the molecule is C[C@H](NC1CCCc2sccc21)c1ccccc1Cl. The van der Waals surface area contributed by atoms with E-state index in [1.54, 1.807) is 4.88 Å². The number of aryl methyl sites for hydroxylation is 1. The smallest absolute Gasteiger partial charge is 0.0453 e. The van der Waals surface area contributed by atoms with E-state index in [9.17, 15) is 0 Å². The summed E-state index contributed by atoms with van der Waals surface area (Å²) >= 11 is 8.17. The summed E-state index contributed by atoms with van der Waals surface area (Å²) in [7, 11) is 0. The minimum atomic E-state index is 0.282. The highest BCUT2D eigenvalue weighted by atomic mass is 35.5. The van der Waals surface area contributed by atoms with Crippen molar-refractivity contribution < 1.29 is 0 Å². The zero-order valence-electron chi connectivity index (χ0n) is 11.0. The van der Waals surface area contributed by atoms with Crippen molar-refractivity contribution in [3.05, 3.63) is 56.7 Å². The van der Waals surface area contributed by atoms with Crippen LogP contribution in [-0.4, -0.2) is 0 Å². The molecule has 1 nitrogen and oxygen atoms in total. The number of fused-ring (bicyclic) bond motifs is 1. The highest BCUT2D eigenvalue weighted by Crippen LogP contribution is 2.35. The van der Waals surface area contributed by atoms with Crippen LogP contribution in [0.1, 0.15) is 47.9 Å². The molecule has 1 aliphatic carbocycles. The van der Waals surface area contributed by atoms with Crippen LogP contribution in [0.2, 0.25) is 5.02 Å². The van der Waals surface area contributed by atoms with Gasteiger partial charge in [-0.2, -0.15) is 0 Å². The molecule has 1 aliphatic rings. The molecule has 0 amide bonds. The molecule has 0 fully saturated rings. The zero-order valence-corrected chi connectivity index (χ0v) is 12.6. The van der Waals surface area contributed by atoms with Crippen molar-refractivity contribution in [3.8, 4) is 0 Å². The summed E-state index contributed by atoms with van der Waals surface area (Å²) in [4.78, 5) is 1.55. The Morgan fingerprint density at radius 2 is 2.16 bits per heavy atom. The molecule has 1 aromatic carbocycles. The summed E-state index contributed by atoms with van der Waals surface area (Å²) in [5.41, 5.74) is 2.68. The van der Waals surface area contributed by atoms with Crippen LogP contribution < -0.4 is 5.32 Å². The molecule has 1 unspecified atom stereocenters. The predicted molar refractivity (Wildman–Crippen MR) is 83.0 cm³/mol. The minimum absolute atomic E-state index is 0.282. The molecule has 0 aliphatic heterocycles. The lowest BCUT2D eigenvalue weighted by molar-refractivity contribution is 0.418. The van der Waals surface area contributed by atoms with Gasteiger partial charge in [-0.3, -0.25) is 0 Å². The lowest BCUT2D eigenvalue weighted by Crippen LogP contribution is -2.27. The van der Waals surface area contributed by atoms with E-state index >= 15 is 0 Å². The molecule has 1 aromatic heterocycles. The van der Waals surface area contributed by atoms with Crippen molar-refractivity contribution in [3.63, 3.8) is 0 Å². The third-order valence-corrected chi connectivity index (χ3v) is 5.22. The molecule has 3 rings (SSSR count). The standard InChI is InChI=1S/C16H18ClNS/c1-11(12-5-2-3-6-14(12)17)18-15-7-4-8-16-13(15)9-10-19-16/h2-3,5-6,9-11,15,18H,4,7-8H2,1H3/t11-,15?/m0/s1. The Morgan fingerprint density at radius 1 is 1.32 bits per heavy atom. The number of thiophene rings is 1. The van der Waals surface area contributed by atoms with E-state index in [1.165, 1.54) is 30.4 Å².